The van der Waals surface area contributed by atoms with E-state index in [1.165, 1.54) is 0 Å². The minimum absolute atomic E-state index is 0.0117. The van der Waals surface area contributed by atoms with Crippen LogP contribution in [0.15, 0.2) is 23.3 Å². The van der Waals surface area contributed by atoms with Crippen molar-refractivity contribution in [2.75, 3.05) is 0 Å². The smallest absolute Gasteiger partial charge is 0.309 e. The van der Waals surface area contributed by atoms with E-state index in [9.17, 15) is 14.7 Å². The highest BCUT2D eigenvalue weighted by atomic mass is 35.5. The summed E-state index contributed by atoms with van der Waals surface area (Å²) in [5.41, 5.74) is -0.0670. The summed E-state index contributed by atoms with van der Waals surface area (Å²) in [5.74, 6) is -0.768. The van der Waals surface area contributed by atoms with Gasteiger partial charge in [-0.25, -0.2) is 0 Å². The zero-order chi connectivity index (χ0) is 17.9. The number of carboxylic acids is 1. The summed E-state index contributed by atoms with van der Waals surface area (Å²) < 4.78 is 0. The highest BCUT2D eigenvalue weighted by Gasteiger charge is 2.61. The molecule has 3 aliphatic carbocycles. The fraction of sp³-hybridized carbons (Fsp3) is 0.684. The van der Waals surface area contributed by atoms with Gasteiger partial charge in [-0.1, -0.05) is 19.4 Å². The van der Waals surface area contributed by atoms with Crippen LogP contribution in [-0.4, -0.2) is 21.7 Å². The lowest BCUT2D eigenvalue weighted by Crippen LogP contribution is -2.56. The van der Waals surface area contributed by atoms with E-state index in [-0.39, 0.29) is 17.1 Å². The molecule has 0 heterocycles. The van der Waals surface area contributed by atoms with Crippen molar-refractivity contribution in [1.29, 1.82) is 0 Å². The van der Waals surface area contributed by atoms with Crippen molar-refractivity contribution in [3.05, 3.63) is 23.3 Å². The van der Waals surface area contributed by atoms with Crippen molar-refractivity contribution in [3.63, 3.8) is 0 Å². The molecule has 0 aromatic rings. The van der Waals surface area contributed by atoms with Crippen LogP contribution in [-0.2, 0) is 9.59 Å². The zero-order valence-electron chi connectivity index (χ0n) is 14.4. The fourth-order valence-electron chi connectivity index (χ4n) is 5.58. The molecule has 0 unspecified atom stereocenters. The third kappa shape index (κ3) is 2.24. The Morgan fingerprint density at radius 2 is 1.96 bits per heavy atom. The van der Waals surface area contributed by atoms with E-state index in [1.807, 2.05) is 13.0 Å². The number of aliphatic carboxylic acids is 1. The van der Waals surface area contributed by atoms with E-state index in [2.05, 4.69) is 6.92 Å². The molecule has 0 amide bonds. The molecule has 24 heavy (non-hydrogen) atoms. The monoisotopic (exact) mass is 370 g/mol. The SMILES string of the molecule is CC1=C[C@@]2(C(Cl)Cl)CC[C@H]3[C@@](C)(C(=O)O)CCC[C@]3(C)C2=CC1=O. The summed E-state index contributed by atoms with van der Waals surface area (Å²) in [6.45, 7) is 5.76. The first-order valence-electron chi connectivity index (χ1n) is 8.56. The topological polar surface area (TPSA) is 54.4 Å². The molecular formula is C19H24Cl2O3. The van der Waals surface area contributed by atoms with E-state index in [0.717, 1.165) is 24.8 Å². The van der Waals surface area contributed by atoms with E-state index in [0.29, 0.717) is 18.4 Å². The minimum atomic E-state index is -0.770. The van der Waals surface area contributed by atoms with Crippen LogP contribution >= 0.6 is 23.2 Å². The molecule has 0 aromatic carbocycles. The maximum absolute atomic E-state index is 12.4. The highest BCUT2D eigenvalue weighted by molar-refractivity contribution is 6.45. The van der Waals surface area contributed by atoms with E-state index < -0.39 is 21.6 Å². The van der Waals surface area contributed by atoms with Gasteiger partial charge in [0.15, 0.2) is 5.78 Å². The number of rotatable bonds is 2. The first-order valence-corrected chi connectivity index (χ1v) is 9.43. The Labute approximate surface area is 153 Å². The average Bonchev–Trinajstić information content (AvgIpc) is 2.48. The largest absolute Gasteiger partial charge is 0.481 e. The van der Waals surface area contributed by atoms with Gasteiger partial charge in [-0.2, -0.15) is 0 Å². The van der Waals surface area contributed by atoms with Crippen LogP contribution in [0, 0.1) is 22.2 Å². The van der Waals surface area contributed by atoms with Gasteiger partial charge in [0.25, 0.3) is 0 Å². The molecule has 1 N–H and O–H groups in total. The number of allylic oxidation sites excluding steroid dienone is 4. The quantitative estimate of drug-likeness (QED) is 0.701. The summed E-state index contributed by atoms with van der Waals surface area (Å²) in [4.78, 5) is 23.7. The molecule has 3 aliphatic rings. The normalized spacial score (nSPS) is 42.1. The zero-order valence-corrected chi connectivity index (χ0v) is 15.9. The lowest BCUT2D eigenvalue weighted by atomic mass is 9.44. The number of carboxylic acid groups (broad SMARTS) is 1. The first-order chi connectivity index (χ1) is 11.1. The van der Waals surface area contributed by atoms with E-state index in [4.69, 9.17) is 23.2 Å². The van der Waals surface area contributed by atoms with Gasteiger partial charge in [0.2, 0.25) is 0 Å². The van der Waals surface area contributed by atoms with Crippen LogP contribution in [0.2, 0.25) is 0 Å². The van der Waals surface area contributed by atoms with Gasteiger partial charge in [0, 0.05) is 5.41 Å². The molecule has 3 nitrogen and oxygen atoms in total. The number of alkyl halides is 2. The Morgan fingerprint density at radius 1 is 1.29 bits per heavy atom. The molecule has 5 heteroatoms. The molecule has 0 saturated heterocycles. The third-order valence-electron chi connectivity index (χ3n) is 6.91. The van der Waals surface area contributed by atoms with Gasteiger partial charge >= 0.3 is 5.97 Å². The molecule has 132 valence electrons. The number of ketones is 1. The van der Waals surface area contributed by atoms with Crippen molar-refractivity contribution in [3.8, 4) is 0 Å². The molecule has 0 bridgehead atoms. The second-order valence-electron chi connectivity index (χ2n) is 8.18. The summed E-state index contributed by atoms with van der Waals surface area (Å²) in [7, 11) is 0. The molecule has 0 aromatic heterocycles. The first kappa shape index (κ1) is 18.0. The number of carbonyl (C=O) groups excluding carboxylic acids is 1. The molecular weight excluding hydrogens is 347 g/mol. The van der Waals surface area contributed by atoms with Gasteiger partial charge in [-0.3, -0.25) is 9.59 Å². The summed E-state index contributed by atoms with van der Waals surface area (Å²) in [6.07, 6.45) is 7.45. The van der Waals surface area contributed by atoms with Crippen LogP contribution in [0.3, 0.4) is 0 Å². The third-order valence-corrected chi connectivity index (χ3v) is 7.69. The Kier molecular flexibility index (Phi) is 4.20. The molecule has 0 aliphatic heterocycles. The molecule has 0 radical (unpaired) electrons. The maximum Gasteiger partial charge on any atom is 0.309 e. The lowest BCUT2D eigenvalue weighted by molar-refractivity contribution is -0.160. The number of halogens is 2. The molecule has 3 rings (SSSR count). The van der Waals surface area contributed by atoms with Crippen molar-refractivity contribution >= 4 is 35.0 Å². The van der Waals surface area contributed by atoms with Gasteiger partial charge in [0.1, 0.15) is 4.84 Å². The average molecular weight is 371 g/mol. The Balaban J connectivity index is 2.17. The fourth-order valence-corrected chi connectivity index (χ4v) is 6.16. The van der Waals surface area contributed by atoms with Crippen LogP contribution in [0.1, 0.15) is 52.9 Å². The molecule has 0 spiro atoms. The second-order valence-corrected chi connectivity index (χ2v) is 9.27. The number of hydrogen-bond donors (Lipinski definition) is 1. The van der Waals surface area contributed by atoms with Crippen LogP contribution in [0.25, 0.3) is 0 Å². The highest BCUT2D eigenvalue weighted by Crippen LogP contribution is 2.67. The minimum Gasteiger partial charge on any atom is -0.481 e. The van der Waals surface area contributed by atoms with E-state index in [1.54, 1.807) is 13.0 Å². The maximum atomic E-state index is 12.4. The van der Waals surface area contributed by atoms with Gasteiger partial charge < -0.3 is 5.11 Å². The number of carbonyl (C=O) groups is 2. The second kappa shape index (κ2) is 5.60. The standard InChI is InChI=1S/C19H24Cl2O3/c1-11-10-19(15(20)21)8-5-13-17(2,14(19)9-12(11)22)6-4-7-18(13,3)16(23)24/h9-10,13,15H,4-8H2,1-3H3,(H,23,24)/t13-,17+,18+,19+/m1/s1. The molecule has 4 atom stereocenters. The Bertz CT molecular complexity index is 666. The number of fused-ring (bicyclic) bond motifs is 3. The van der Waals surface area contributed by atoms with E-state index >= 15 is 0 Å². The lowest BCUT2D eigenvalue weighted by Gasteiger charge is -2.60. The molecule has 2 fully saturated rings. The van der Waals surface area contributed by atoms with Gasteiger partial charge in [-0.05, 0) is 68.1 Å². The Morgan fingerprint density at radius 3 is 2.54 bits per heavy atom. The number of hydrogen-bond acceptors (Lipinski definition) is 2. The van der Waals surface area contributed by atoms with Crippen LogP contribution < -0.4 is 0 Å². The van der Waals surface area contributed by atoms with Crippen molar-refractivity contribution in [2.24, 2.45) is 22.2 Å². The van der Waals surface area contributed by atoms with Crippen LogP contribution in [0.5, 0.6) is 0 Å². The van der Waals surface area contributed by atoms with Crippen molar-refractivity contribution < 1.29 is 14.7 Å². The van der Waals surface area contributed by atoms with Crippen molar-refractivity contribution in [2.45, 2.75) is 57.7 Å². The van der Waals surface area contributed by atoms with Crippen molar-refractivity contribution in [1.82, 2.24) is 0 Å². The van der Waals surface area contributed by atoms with Crippen LogP contribution in [0.4, 0.5) is 0 Å². The summed E-state index contributed by atoms with van der Waals surface area (Å²) in [5, 5.41) is 9.86. The molecule has 2 saturated carbocycles. The predicted octanol–water partition coefficient (Wildman–Crippen LogP) is 4.92. The summed E-state index contributed by atoms with van der Waals surface area (Å²) >= 11 is 12.8. The predicted molar refractivity (Wildman–Crippen MR) is 95.2 cm³/mol. The Hall–Kier alpha value is -0.800. The summed E-state index contributed by atoms with van der Waals surface area (Å²) in [6, 6.07) is 0. The van der Waals surface area contributed by atoms with Gasteiger partial charge in [-0.15, -0.1) is 23.2 Å². The van der Waals surface area contributed by atoms with Gasteiger partial charge in [0.05, 0.1) is 5.41 Å².